The first kappa shape index (κ1) is 23.3. The number of carboxylic acid groups (broad SMARTS) is 1. The Hall–Kier alpha value is -1.98. The van der Waals surface area contributed by atoms with Gasteiger partial charge in [0.25, 0.3) is 0 Å². The zero-order valence-corrected chi connectivity index (χ0v) is 16.4. The van der Waals surface area contributed by atoms with Crippen LogP contribution in [0, 0.1) is 5.41 Å². The molecule has 2 saturated heterocycles. The summed E-state index contributed by atoms with van der Waals surface area (Å²) in [6.07, 6.45) is 2.55. The van der Waals surface area contributed by atoms with Crippen molar-refractivity contribution in [1.82, 2.24) is 14.9 Å². The summed E-state index contributed by atoms with van der Waals surface area (Å²) >= 11 is 0. The lowest BCUT2D eigenvalue weighted by Crippen LogP contribution is -2.48. The molecule has 0 bridgehead atoms. The maximum absolute atomic E-state index is 10.6. The number of nitrogens with zero attached hydrogens (tertiary/aromatic N) is 4. The molecule has 164 valence electrons. The molecule has 0 aromatic carbocycles. The van der Waals surface area contributed by atoms with Crippen molar-refractivity contribution >= 4 is 11.8 Å². The lowest BCUT2D eigenvalue weighted by Gasteiger charge is -2.42. The Morgan fingerprint density at radius 1 is 1.31 bits per heavy atom. The van der Waals surface area contributed by atoms with E-state index in [1.807, 2.05) is 6.20 Å². The molecule has 11 heteroatoms. The molecular formula is C18H27F3N4O4. The van der Waals surface area contributed by atoms with E-state index in [9.17, 15) is 13.2 Å². The van der Waals surface area contributed by atoms with Gasteiger partial charge in [0, 0.05) is 57.6 Å². The molecule has 1 spiro atoms. The number of halogens is 3. The van der Waals surface area contributed by atoms with Gasteiger partial charge in [-0.15, -0.1) is 0 Å². The number of hydrogen-bond donors (Lipinski definition) is 1. The molecule has 3 heterocycles. The fourth-order valence-electron chi connectivity index (χ4n) is 3.46. The molecule has 0 amide bonds. The Morgan fingerprint density at radius 3 is 2.55 bits per heavy atom. The molecule has 8 nitrogen and oxygen atoms in total. The molecule has 0 saturated carbocycles. The minimum Gasteiger partial charge on any atom is -0.475 e. The minimum absolute atomic E-state index is 0.281. The number of carboxylic acids is 1. The highest BCUT2D eigenvalue weighted by Crippen LogP contribution is 2.35. The highest BCUT2D eigenvalue weighted by atomic mass is 19.4. The van der Waals surface area contributed by atoms with E-state index in [-0.39, 0.29) is 5.41 Å². The highest BCUT2D eigenvalue weighted by molar-refractivity contribution is 5.73. The summed E-state index contributed by atoms with van der Waals surface area (Å²) in [5, 5.41) is 7.12. The molecule has 29 heavy (non-hydrogen) atoms. The first-order chi connectivity index (χ1) is 13.8. The van der Waals surface area contributed by atoms with Crippen molar-refractivity contribution in [2.24, 2.45) is 5.41 Å². The summed E-state index contributed by atoms with van der Waals surface area (Å²) in [5.74, 6) is -1.77. The summed E-state index contributed by atoms with van der Waals surface area (Å²) in [4.78, 5) is 22.3. The van der Waals surface area contributed by atoms with Crippen LogP contribution < -0.4 is 4.90 Å². The van der Waals surface area contributed by atoms with Crippen molar-refractivity contribution in [2.45, 2.75) is 19.0 Å². The molecule has 0 radical (unpaired) electrons. The summed E-state index contributed by atoms with van der Waals surface area (Å²) < 4.78 is 42.9. The molecule has 3 rings (SSSR count). The monoisotopic (exact) mass is 420 g/mol. The zero-order chi connectivity index (χ0) is 21.3. The van der Waals surface area contributed by atoms with Gasteiger partial charge in [-0.2, -0.15) is 13.2 Å². The van der Waals surface area contributed by atoms with Gasteiger partial charge >= 0.3 is 12.1 Å². The second kappa shape index (κ2) is 10.7. The average Bonchev–Trinajstić information content (AvgIpc) is 2.89. The van der Waals surface area contributed by atoms with E-state index in [0.717, 1.165) is 71.2 Å². The molecule has 2 aliphatic rings. The molecule has 1 N–H and O–H groups in total. The van der Waals surface area contributed by atoms with Gasteiger partial charge in [-0.25, -0.2) is 9.78 Å². The van der Waals surface area contributed by atoms with E-state index in [1.54, 1.807) is 19.5 Å². The molecule has 0 aliphatic carbocycles. The summed E-state index contributed by atoms with van der Waals surface area (Å²) in [5.41, 5.74) is 0.281. The minimum atomic E-state index is -5.08. The lowest BCUT2D eigenvalue weighted by atomic mass is 9.78. The van der Waals surface area contributed by atoms with Crippen LogP contribution in [0.4, 0.5) is 19.0 Å². The third kappa shape index (κ3) is 7.41. The van der Waals surface area contributed by atoms with Gasteiger partial charge in [-0.3, -0.25) is 9.88 Å². The van der Waals surface area contributed by atoms with Crippen LogP contribution >= 0.6 is 0 Å². The van der Waals surface area contributed by atoms with Gasteiger partial charge < -0.3 is 19.5 Å². The van der Waals surface area contributed by atoms with Gasteiger partial charge in [0.05, 0.1) is 26.0 Å². The maximum atomic E-state index is 10.6. The van der Waals surface area contributed by atoms with E-state index in [1.165, 1.54) is 0 Å². The fraction of sp³-hybridized carbons (Fsp3) is 0.722. The van der Waals surface area contributed by atoms with Gasteiger partial charge in [0.15, 0.2) is 0 Å². The quantitative estimate of drug-likeness (QED) is 0.787. The van der Waals surface area contributed by atoms with Crippen molar-refractivity contribution in [3.8, 4) is 0 Å². The van der Waals surface area contributed by atoms with Gasteiger partial charge in [0.2, 0.25) is 0 Å². The second-order valence-corrected chi connectivity index (χ2v) is 7.18. The number of rotatable bonds is 4. The molecule has 1 aromatic heterocycles. The molecule has 0 unspecified atom stereocenters. The molecule has 0 atom stereocenters. The Labute approximate surface area is 167 Å². The van der Waals surface area contributed by atoms with Gasteiger partial charge in [0.1, 0.15) is 5.82 Å². The predicted molar refractivity (Wildman–Crippen MR) is 98.7 cm³/mol. The maximum Gasteiger partial charge on any atom is 0.490 e. The van der Waals surface area contributed by atoms with Crippen LogP contribution in [0.25, 0.3) is 0 Å². The van der Waals surface area contributed by atoms with Crippen molar-refractivity contribution in [3.05, 3.63) is 18.6 Å². The first-order valence-electron chi connectivity index (χ1n) is 9.36. The first-order valence-corrected chi connectivity index (χ1v) is 9.36. The average molecular weight is 420 g/mol. The van der Waals surface area contributed by atoms with Crippen LogP contribution in [0.15, 0.2) is 18.6 Å². The smallest absolute Gasteiger partial charge is 0.475 e. The number of hydrogen-bond acceptors (Lipinski definition) is 7. The lowest BCUT2D eigenvalue weighted by molar-refractivity contribution is -0.192. The van der Waals surface area contributed by atoms with Crippen molar-refractivity contribution < 1.29 is 32.5 Å². The molecular weight excluding hydrogens is 393 g/mol. The summed E-state index contributed by atoms with van der Waals surface area (Å²) in [7, 11) is 1.77. The van der Waals surface area contributed by atoms with Crippen LogP contribution in [0.2, 0.25) is 0 Å². The van der Waals surface area contributed by atoms with E-state index in [0.29, 0.717) is 0 Å². The van der Waals surface area contributed by atoms with Crippen molar-refractivity contribution in [2.75, 3.05) is 64.6 Å². The molecule has 1 aromatic rings. The normalized spacial score (nSPS) is 19.9. The SMILES string of the molecule is COCCN1CCOCC2(CCN(c3cnccn3)CC2)C1.O=C(O)C(F)(F)F. The number of alkyl halides is 3. The van der Waals surface area contributed by atoms with Crippen molar-refractivity contribution in [1.29, 1.82) is 0 Å². The molecule has 2 fully saturated rings. The third-order valence-corrected chi connectivity index (χ3v) is 5.07. The number of aromatic nitrogens is 2. The Kier molecular flexibility index (Phi) is 8.60. The Balaban J connectivity index is 0.000000370. The third-order valence-electron chi connectivity index (χ3n) is 5.07. The van der Waals surface area contributed by atoms with Crippen LogP contribution in [0.3, 0.4) is 0 Å². The highest BCUT2D eigenvalue weighted by Gasteiger charge is 2.39. The topological polar surface area (TPSA) is 88.0 Å². The Bertz CT molecular complexity index is 625. The van der Waals surface area contributed by atoms with Crippen LogP contribution in [0.1, 0.15) is 12.8 Å². The zero-order valence-electron chi connectivity index (χ0n) is 16.4. The summed E-state index contributed by atoms with van der Waals surface area (Å²) in [6.45, 7) is 7.69. The number of piperidine rings is 1. The number of methoxy groups -OCH3 is 1. The van der Waals surface area contributed by atoms with E-state index in [2.05, 4.69) is 19.8 Å². The largest absolute Gasteiger partial charge is 0.490 e. The predicted octanol–water partition coefficient (Wildman–Crippen LogP) is 1.68. The summed E-state index contributed by atoms with van der Waals surface area (Å²) in [6, 6.07) is 0. The number of aliphatic carboxylic acids is 1. The number of ether oxygens (including phenoxy) is 2. The van der Waals surface area contributed by atoms with Crippen LogP contribution in [0.5, 0.6) is 0 Å². The van der Waals surface area contributed by atoms with E-state index in [4.69, 9.17) is 19.4 Å². The van der Waals surface area contributed by atoms with E-state index < -0.39 is 12.1 Å². The van der Waals surface area contributed by atoms with Gasteiger partial charge in [-0.05, 0) is 12.8 Å². The van der Waals surface area contributed by atoms with Gasteiger partial charge in [-0.1, -0.05) is 0 Å². The molecule has 2 aliphatic heterocycles. The Morgan fingerprint density at radius 2 is 2.00 bits per heavy atom. The standard InChI is InChI=1S/C16H26N4O2.C2HF3O2/c1-21-10-8-19-9-11-22-14-16(13-19)2-6-20(7-3-16)15-12-17-4-5-18-15;3-2(4,5)1(6)7/h4-5,12H,2-3,6-11,13-14H2,1H3;(H,6,7). The van der Waals surface area contributed by atoms with E-state index >= 15 is 0 Å². The van der Waals surface area contributed by atoms with Crippen molar-refractivity contribution in [3.63, 3.8) is 0 Å². The van der Waals surface area contributed by atoms with Crippen LogP contribution in [-0.2, 0) is 14.3 Å². The number of anilines is 1. The number of carbonyl (C=O) groups is 1. The second-order valence-electron chi connectivity index (χ2n) is 7.18. The fourth-order valence-corrected chi connectivity index (χ4v) is 3.46. The van der Waals surface area contributed by atoms with Crippen LogP contribution in [-0.4, -0.2) is 91.8 Å².